The van der Waals surface area contributed by atoms with Crippen LogP contribution < -0.4 is 10.6 Å². The molecule has 0 bridgehead atoms. The molecular formula is C17H25N5O4. The van der Waals surface area contributed by atoms with Crippen LogP contribution >= 0.6 is 0 Å². The molecule has 0 radical (unpaired) electrons. The maximum absolute atomic E-state index is 10.4. The Morgan fingerprint density at radius 1 is 1.31 bits per heavy atom. The number of fused-ring (bicyclic) bond motifs is 1. The Morgan fingerprint density at radius 2 is 2.12 bits per heavy atom. The summed E-state index contributed by atoms with van der Waals surface area (Å²) in [4.78, 5) is 11.0. The van der Waals surface area contributed by atoms with Gasteiger partial charge in [0.15, 0.2) is 6.23 Å². The van der Waals surface area contributed by atoms with E-state index < -0.39 is 24.5 Å². The fourth-order valence-electron chi connectivity index (χ4n) is 4.12. The molecule has 9 heteroatoms. The first kappa shape index (κ1) is 17.6. The first-order valence-electron chi connectivity index (χ1n) is 8.98. The molecule has 2 unspecified atom stereocenters. The molecule has 2 saturated heterocycles. The summed E-state index contributed by atoms with van der Waals surface area (Å²) in [6.07, 6.45) is 1.76. The van der Waals surface area contributed by atoms with Crippen LogP contribution in [0.25, 0.3) is 11.0 Å². The normalized spacial score (nSPS) is 32.0. The van der Waals surface area contributed by atoms with Gasteiger partial charge in [-0.15, -0.1) is 0 Å². The van der Waals surface area contributed by atoms with Crippen molar-refractivity contribution in [2.75, 3.05) is 24.6 Å². The highest BCUT2D eigenvalue weighted by molar-refractivity contribution is 5.91. The van der Waals surface area contributed by atoms with Crippen molar-refractivity contribution in [3.63, 3.8) is 0 Å². The van der Waals surface area contributed by atoms with Crippen molar-refractivity contribution in [2.24, 2.45) is 5.73 Å². The molecule has 4 rings (SSSR count). The van der Waals surface area contributed by atoms with Crippen molar-refractivity contribution >= 4 is 16.9 Å². The highest BCUT2D eigenvalue weighted by Crippen LogP contribution is 2.37. The Kier molecular flexibility index (Phi) is 4.57. The highest BCUT2D eigenvalue weighted by atomic mass is 16.6. The molecule has 4 heterocycles. The number of nitrogens with two attached hydrogens (primary N) is 1. The van der Waals surface area contributed by atoms with E-state index in [0.717, 1.165) is 36.2 Å². The van der Waals surface area contributed by atoms with Crippen molar-refractivity contribution in [3.8, 4) is 0 Å². The van der Waals surface area contributed by atoms with Crippen molar-refractivity contribution < 1.29 is 20.1 Å². The van der Waals surface area contributed by atoms with Gasteiger partial charge in [0.2, 0.25) is 0 Å². The average molecular weight is 363 g/mol. The minimum atomic E-state index is -1.09. The molecule has 2 fully saturated rings. The van der Waals surface area contributed by atoms with Gasteiger partial charge in [0.1, 0.15) is 36.1 Å². The third kappa shape index (κ3) is 2.58. The molecule has 0 saturated carbocycles. The predicted octanol–water partition coefficient (Wildman–Crippen LogP) is -0.721. The number of anilines is 1. The Bertz CT molecular complexity index is 797. The molecule has 2 aromatic heterocycles. The predicted molar refractivity (Wildman–Crippen MR) is 94.7 cm³/mol. The summed E-state index contributed by atoms with van der Waals surface area (Å²) >= 11 is 0. The summed E-state index contributed by atoms with van der Waals surface area (Å²) in [6.45, 7) is 2.99. The second-order valence-electron chi connectivity index (χ2n) is 7.07. The number of aromatic nitrogens is 3. The van der Waals surface area contributed by atoms with E-state index in [-0.39, 0.29) is 19.2 Å². The minimum Gasteiger partial charge on any atom is -0.394 e. The summed E-state index contributed by atoms with van der Waals surface area (Å²) in [5.41, 5.74) is 7.20. The van der Waals surface area contributed by atoms with Crippen LogP contribution in [0.2, 0.25) is 0 Å². The molecular weight excluding hydrogens is 338 g/mol. The van der Waals surface area contributed by atoms with Crippen LogP contribution in [0.1, 0.15) is 24.6 Å². The third-order valence-corrected chi connectivity index (χ3v) is 5.48. The van der Waals surface area contributed by atoms with Gasteiger partial charge in [-0.05, 0) is 25.3 Å². The summed E-state index contributed by atoms with van der Waals surface area (Å²) in [7, 11) is 0. The van der Waals surface area contributed by atoms with E-state index in [0.29, 0.717) is 5.65 Å². The van der Waals surface area contributed by atoms with Gasteiger partial charge in [-0.2, -0.15) is 0 Å². The van der Waals surface area contributed by atoms with Gasteiger partial charge in [-0.25, -0.2) is 9.97 Å². The lowest BCUT2D eigenvalue weighted by molar-refractivity contribution is -0.0319. The van der Waals surface area contributed by atoms with Gasteiger partial charge in [0, 0.05) is 19.3 Å². The molecule has 0 amide bonds. The maximum atomic E-state index is 10.4. The Labute approximate surface area is 151 Å². The van der Waals surface area contributed by atoms with Gasteiger partial charge < -0.3 is 35.3 Å². The Hall–Kier alpha value is -1.78. The van der Waals surface area contributed by atoms with E-state index >= 15 is 0 Å². The molecule has 5 N–H and O–H groups in total. The first-order valence-corrected chi connectivity index (χ1v) is 8.98. The van der Waals surface area contributed by atoms with Crippen LogP contribution in [0.3, 0.4) is 0 Å². The fraction of sp³-hybridized carbons (Fsp3) is 0.647. The molecule has 2 aliphatic rings. The summed E-state index contributed by atoms with van der Waals surface area (Å²) in [5, 5.41) is 31.1. The Balaban J connectivity index is 1.79. The minimum absolute atomic E-state index is 0.0487. The van der Waals surface area contributed by atoms with Crippen LogP contribution in [-0.4, -0.2) is 73.9 Å². The molecule has 9 nitrogen and oxygen atoms in total. The van der Waals surface area contributed by atoms with E-state index in [4.69, 9.17) is 10.5 Å². The van der Waals surface area contributed by atoms with Gasteiger partial charge in [-0.3, -0.25) is 0 Å². The zero-order chi connectivity index (χ0) is 18.4. The number of hydrogen-bond acceptors (Lipinski definition) is 8. The zero-order valence-corrected chi connectivity index (χ0v) is 14.7. The SMILES string of the molecule is Cc1cn([C@@H]2O[C@H](CN)C(O)C2O)c2ncnc(N3CCC[C@@H]3CO)c12. The topological polar surface area (TPSA) is 130 Å². The number of rotatable bonds is 4. The van der Waals surface area contributed by atoms with Crippen LogP contribution in [0, 0.1) is 6.92 Å². The van der Waals surface area contributed by atoms with E-state index in [1.54, 1.807) is 4.57 Å². The molecule has 26 heavy (non-hydrogen) atoms. The summed E-state index contributed by atoms with van der Waals surface area (Å²) in [6, 6.07) is 0.0487. The molecule has 0 aliphatic carbocycles. The van der Waals surface area contributed by atoms with Crippen LogP contribution in [-0.2, 0) is 4.74 Å². The molecule has 2 aromatic rings. The fourth-order valence-corrected chi connectivity index (χ4v) is 4.12. The summed E-state index contributed by atoms with van der Waals surface area (Å²) < 4.78 is 7.51. The smallest absolute Gasteiger partial charge is 0.164 e. The van der Waals surface area contributed by atoms with Crippen molar-refractivity contribution in [1.29, 1.82) is 0 Å². The number of aliphatic hydroxyl groups is 3. The van der Waals surface area contributed by atoms with Gasteiger partial charge >= 0.3 is 0 Å². The molecule has 2 aliphatic heterocycles. The molecule has 0 spiro atoms. The highest BCUT2D eigenvalue weighted by Gasteiger charge is 2.43. The molecule has 5 atom stereocenters. The first-order chi connectivity index (χ1) is 12.6. The lowest BCUT2D eigenvalue weighted by atomic mass is 10.1. The van der Waals surface area contributed by atoms with Gasteiger partial charge in [-0.1, -0.05) is 0 Å². The third-order valence-electron chi connectivity index (χ3n) is 5.48. The van der Waals surface area contributed by atoms with Crippen molar-refractivity contribution in [2.45, 2.75) is 50.3 Å². The zero-order valence-electron chi connectivity index (χ0n) is 14.7. The Morgan fingerprint density at radius 3 is 2.81 bits per heavy atom. The number of ether oxygens (including phenoxy) is 1. The standard InChI is InChI=1S/C17H25N5O4/c1-9-6-22(17-14(25)13(24)11(5-18)26-17)16-12(9)15(19-8-20-16)21-4-2-3-10(21)7-23/h6,8,10-11,13-14,17,23-25H,2-5,7,18H2,1H3/t10-,11-,13?,14?,17-/m1/s1. The average Bonchev–Trinajstić information content (AvgIpc) is 3.33. The summed E-state index contributed by atoms with van der Waals surface area (Å²) in [5.74, 6) is 0.784. The van der Waals surface area contributed by atoms with Gasteiger partial charge in [0.05, 0.1) is 18.0 Å². The lowest BCUT2D eigenvalue weighted by Crippen LogP contribution is -2.35. The van der Waals surface area contributed by atoms with Crippen LogP contribution in [0.4, 0.5) is 5.82 Å². The lowest BCUT2D eigenvalue weighted by Gasteiger charge is -2.25. The largest absolute Gasteiger partial charge is 0.394 e. The van der Waals surface area contributed by atoms with Crippen LogP contribution in [0.15, 0.2) is 12.5 Å². The van der Waals surface area contributed by atoms with E-state index in [1.807, 2.05) is 13.1 Å². The number of aliphatic hydroxyl groups excluding tert-OH is 3. The van der Waals surface area contributed by atoms with E-state index in [2.05, 4.69) is 14.9 Å². The number of nitrogens with zero attached hydrogens (tertiary/aromatic N) is 4. The number of hydrogen-bond donors (Lipinski definition) is 4. The maximum Gasteiger partial charge on any atom is 0.164 e. The second-order valence-corrected chi connectivity index (χ2v) is 7.07. The second kappa shape index (κ2) is 6.75. The number of aryl methyl sites for hydroxylation is 1. The van der Waals surface area contributed by atoms with Crippen molar-refractivity contribution in [1.82, 2.24) is 14.5 Å². The molecule has 0 aromatic carbocycles. The van der Waals surface area contributed by atoms with Crippen molar-refractivity contribution in [3.05, 3.63) is 18.1 Å². The van der Waals surface area contributed by atoms with E-state index in [1.165, 1.54) is 6.33 Å². The van der Waals surface area contributed by atoms with Crippen LogP contribution in [0.5, 0.6) is 0 Å². The van der Waals surface area contributed by atoms with E-state index in [9.17, 15) is 15.3 Å². The quantitative estimate of drug-likeness (QED) is 0.560. The molecule has 142 valence electrons. The van der Waals surface area contributed by atoms with Gasteiger partial charge in [0.25, 0.3) is 0 Å². The monoisotopic (exact) mass is 363 g/mol.